The molecule has 0 heterocycles. The van der Waals surface area contributed by atoms with Crippen molar-refractivity contribution in [3.63, 3.8) is 0 Å². The van der Waals surface area contributed by atoms with Crippen molar-refractivity contribution in [3.8, 4) is 0 Å². The summed E-state index contributed by atoms with van der Waals surface area (Å²) in [6, 6.07) is 0. The fourth-order valence-electron chi connectivity index (χ4n) is 1.82. The Labute approximate surface area is 59.5 Å². The molecule has 10 heavy (non-hydrogen) atoms. The number of allylic oxidation sites excluding steroid dienone is 2. The van der Waals surface area contributed by atoms with E-state index in [2.05, 4.69) is 6.08 Å². The van der Waals surface area contributed by atoms with Crippen molar-refractivity contribution in [2.45, 2.75) is 18.9 Å². The second kappa shape index (κ2) is 1.92. The van der Waals surface area contributed by atoms with E-state index in [9.17, 15) is 4.79 Å². The van der Waals surface area contributed by atoms with Crippen molar-refractivity contribution in [2.75, 3.05) is 0 Å². The minimum atomic E-state index is -0.644. The van der Waals surface area contributed by atoms with E-state index >= 15 is 0 Å². The Morgan fingerprint density at radius 3 is 2.80 bits per heavy atom. The number of aliphatic hydroxyl groups is 1. The molecule has 0 unspecified atom stereocenters. The van der Waals surface area contributed by atoms with Gasteiger partial charge < -0.3 is 5.11 Å². The SMILES string of the molecule is O=C1[C@@H](O)[C@H]2CC=CC[C@@H]12. The molecular formula is C8H10O2. The van der Waals surface area contributed by atoms with E-state index in [1.807, 2.05) is 6.08 Å². The molecule has 2 rings (SSSR count). The van der Waals surface area contributed by atoms with Gasteiger partial charge in [0.2, 0.25) is 0 Å². The first-order valence-electron chi connectivity index (χ1n) is 3.67. The smallest absolute Gasteiger partial charge is 0.165 e. The lowest BCUT2D eigenvalue weighted by molar-refractivity contribution is -0.152. The predicted molar refractivity (Wildman–Crippen MR) is 36.4 cm³/mol. The van der Waals surface area contributed by atoms with Crippen LogP contribution in [0.3, 0.4) is 0 Å². The van der Waals surface area contributed by atoms with Gasteiger partial charge in [-0.1, -0.05) is 12.2 Å². The molecule has 0 radical (unpaired) electrons. The molecule has 0 bridgehead atoms. The number of ketones is 1. The third-order valence-corrected chi connectivity index (χ3v) is 2.54. The molecule has 0 saturated heterocycles. The van der Waals surface area contributed by atoms with Gasteiger partial charge in [0.15, 0.2) is 5.78 Å². The zero-order valence-electron chi connectivity index (χ0n) is 5.66. The molecule has 0 aromatic heterocycles. The summed E-state index contributed by atoms with van der Waals surface area (Å²) >= 11 is 0. The molecule has 2 nitrogen and oxygen atoms in total. The number of fused-ring (bicyclic) bond motifs is 1. The van der Waals surface area contributed by atoms with Crippen LogP contribution in [0, 0.1) is 11.8 Å². The summed E-state index contributed by atoms with van der Waals surface area (Å²) in [7, 11) is 0. The van der Waals surface area contributed by atoms with Gasteiger partial charge in [0.25, 0.3) is 0 Å². The lowest BCUT2D eigenvalue weighted by Crippen LogP contribution is -2.52. The number of carbonyl (C=O) groups is 1. The van der Waals surface area contributed by atoms with Crippen molar-refractivity contribution >= 4 is 5.78 Å². The van der Waals surface area contributed by atoms with E-state index in [4.69, 9.17) is 5.11 Å². The maximum atomic E-state index is 10.9. The average Bonchev–Trinajstić information content (AvgIpc) is 2.03. The first-order chi connectivity index (χ1) is 4.80. The summed E-state index contributed by atoms with van der Waals surface area (Å²) in [5.41, 5.74) is 0. The van der Waals surface area contributed by atoms with Crippen molar-refractivity contribution in [1.82, 2.24) is 0 Å². The van der Waals surface area contributed by atoms with Gasteiger partial charge in [-0.25, -0.2) is 0 Å². The minimum absolute atomic E-state index is 0.0503. The van der Waals surface area contributed by atoms with Crippen molar-refractivity contribution in [2.24, 2.45) is 11.8 Å². The van der Waals surface area contributed by atoms with Crippen LogP contribution in [0.25, 0.3) is 0 Å². The van der Waals surface area contributed by atoms with Gasteiger partial charge in [0, 0.05) is 11.8 Å². The number of hydrogen-bond donors (Lipinski definition) is 1. The summed E-state index contributed by atoms with van der Waals surface area (Å²) in [6.45, 7) is 0. The maximum Gasteiger partial charge on any atom is 0.165 e. The minimum Gasteiger partial charge on any atom is -0.385 e. The van der Waals surface area contributed by atoms with E-state index in [1.54, 1.807) is 0 Å². The zero-order chi connectivity index (χ0) is 7.14. The predicted octanol–water partition coefficient (Wildman–Crippen LogP) is 0.512. The lowest BCUT2D eigenvalue weighted by Gasteiger charge is -2.40. The topological polar surface area (TPSA) is 37.3 Å². The van der Waals surface area contributed by atoms with Crippen LogP contribution in [-0.4, -0.2) is 17.0 Å². The molecule has 2 heteroatoms. The molecule has 1 N–H and O–H groups in total. The molecule has 54 valence electrons. The Morgan fingerprint density at radius 1 is 1.40 bits per heavy atom. The highest BCUT2D eigenvalue weighted by Gasteiger charge is 2.47. The summed E-state index contributed by atoms with van der Waals surface area (Å²) in [5, 5.41) is 9.13. The first kappa shape index (κ1) is 6.10. The van der Waals surface area contributed by atoms with Gasteiger partial charge >= 0.3 is 0 Å². The highest BCUT2D eigenvalue weighted by molar-refractivity contribution is 5.92. The second-order valence-electron chi connectivity index (χ2n) is 3.06. The van der Waals surface area contributed by atoms with Gasteiger partial charge in [-0.05, 0) is 12.8 Å². The number of aliphatic hydroxyl groups excluding tert-OH is 1. The zero-order valence-corrected chi connectivity index (χ0v) is 5.66. The molecule has 1 fully saturated rings. The Hall–Kier alpha value is -0.630. The van der Waals surface area contributed by atoms with Gasteiger partial charge in [0.1, 0.15) is 6.10 Å². The normalized spacial score (nSPS) is 44.5. The second-order valence-corrected chi connectivity index (χ2v) is 3.06. The van der Waals surface area contributed by atoms with Crippen LogP contribution in [0.15, 0.2) is 12.2 Å². The van der Waals surface area contributed by atoms with Gasteiger partial charge in [0.05, 0.1) is 0 Å². The molecule has 0 spiro atoms. The van der Waals surface area contributed by atoms with Crippen LogP contribution in [0.5, 0.6) is 0 Å². The molecule has 0 aromatic rings. The molecule has 2 aliphatic rings. The molecule has 2 aliphatic carbocycles. The third kappa shape index (κ3) is 0.598. The van der Waals surface area contributed by atoms with Crippen LogP contribution < -0.4 is 0 Å². The van der Waals surface area contributed by atoms with Crippen LogP contribution in [0.4, 0.5) is 0 Å². The molecule has 0 aliphatic heterocycles. The third-order valence-electron chi connectivity index (χ3n) is 2.54. The first-order valence-corrected chi connectivity index (χ1v) is 3.67. The maximum absolute atomic E-state index is 10.9. The number of rotatable bonds is 0. The van der Waals surface area contributed by atoms with Crippen LogP contribution in [0.2, 0.25) is 0 Å². The molecule has 0 amide bonds. The standard InChI is InChI=1S/C8H10O2/c9-7-5-3-1-2-4-6(5)8(7)10/h1-2,5-7,9H,3-4H2/t5-,6+,7-/m0/s1. The van der Waals surface area contributed by atoms with Gasteiger partial charge in [-0.3, -0.25) is 4.79 Å². The monoisotopic (exact) mass is 138 g/mol. The average molecular weight is 138 g/mol. The summed E-state index contributed by atoms with van der Waals surface area (Å²) < 4.78 is 0. The lowest BCUT2D eigenvalue weighted by atomic mass is 9.65. The van der Waals surface area contributed by atoms with Gasteiger partial charge in [-0.15, -0.1) is 0 Å². The van der Waals surface area contributed by atoms with Gasteiger partial charge in [-0.2, -0.15) is 0 Å². The molecule has 3 atom stereocenters. The summed E-state index contributed by atoms with van der Waals surface area (Å²) in [4.78, 5) is 10.9. The number of carbonyl (C=O) groups excluding carboxylic acids is 1. The van der Waals surface area contributed by atoms with Crippen molar-refractivity contribution in [1.29, 1.82) is 0 Å². The quantitative estimate of drug-likeness (QED) is 0.495. The summed E-state index contributed by atoms with van der Waals surface area (Å²) in [6.07, 6.45) is 5.18. The Bertz CT molecular complexity index is 195. The highest BCUT2D eigenvalue weighted by atomic mass is 16.3. The van der Waals surface area contributed by atoms with Crippen LogP contribution >= 0.6 is 0 Å². The van der Waals surface area contributed by atoms with Crippen LogP contribution in [-0.2, 0) is 4.79 Å². The van der Waals surface area contributed by atoms with E-state index in [1.165, 1.54) is 0 Å². The molecule has 1 saturated carbocycles. The number of Topliss-reactive ketones (excluding diaryl/α,β-unsaturated/α-hetero) is 1. The Morgan fingerprint density at radius 2 is 2.10 bits per heavy atom. The molecule has 0 aromatic carbocycles. The van der Waals surface area contributed by atoms with Crippen LogP contribution in [0.1, 0.15) is 12.8 Å². The highest BCUT2D eigenvalue weighted by Crippen LogP contribution is 2.39. The van der Waals surface area contributed by atoms with Crippen molar-refractivity contribution in [3.05, 3.63) is 12.2 Å². The fraction of sp³-hybridized carbons (Fsp3) is 0.625. The fourth-order valence-corrected chi connectivity index (χ4v) is 1.82. The largest absolute Gasteiger partial charge is 0.385 e. The van der Waals surface area contributed by atoms with Crippen molar-refractivity contribution < 1.29 is 9.90 Å². The van der Waals surface area contributed by atoms with E-state index in [0.29, 0.717) is 0 Å². The summed E-state index contributed by atoms with van der Waals surface area (Å²) in [5.74, 6) is 0.451. The van der Waals surface area contributed by atoms with E-state index < -0.39 is 6.10 Å². The Balaban J connectivity index is 2.15. The molecular weight excluding hydrogens is 128 g/mol. The van der Waals surface area contributed by atoms with E-state index in [0.717, 1.165) is 12.8 Å². The Kier molecular flexibility index (Phi) is 1.17. The number of hydrogen-bond acceptors (Lipinski definition) is 2. The van der Waals surface area contributed by atoms with E-state index in [-0.39, 0.29) is 17.6 Å².